The molecule has 0 spiro atoms. The summed E-state index contributed by atoms with van der Waals surface area (Å²) in [6.07, 6.45) is 4.36. The topological polar surface area (TPSA) is 43.9 Å². The van der Waals surface area contributed by atoms with Crippen LogP contribution in [-0.2, 0) is 4.79 Å². The highest BCUT2D eigenvalue weighted by Gasteiger charge is 2.34. The van der Waals surface area contributed by atoms with Crippen molar-refractivity contribution in [1.29, 1.82) is 0 Å². The van der Waals surface area contributed by atoms with Crippen LogP contribution in [0.1, 0.15) is 43.0 Å². The molecule has 1 aromatic rings. The molecule has 0 aromatic heterocycles. The minimum absolute atomic E-state index is 0.156. The van der Waals surface area contributed by atoms with Gasteiger partial charge in [-0.2, -0.15) is 0 Å². The van der Waals surface area contributed by atoms with Gasteiger partial charge in [0.05, 0.1) is 0 Å². The van der Waals surface area contributed by atoms with Crippen molar-refractivity contribution >= 4 is 17.5 Å². The van der Waals surface area contributed by atoms with Crippen LogP contribution in [0.3, 0.4) is 0 Å². The zero-order chi connectivity index (χ0) is 18.1. The Bertz CT molecular complexity index is 652. The molecule has 2 amide bonds. The molecule has 4 rings (SSSR count). The minimum atomic E-state index is 0.156. The standard InChI is InChI=1S/C21H29N3O2/c1-16-8-10-23(11-9-16)20(25)18-4-6-19(7-5-18)22-12-14-24(15-13-22)21(26)17-2-3-17/h4-7,16-17H,2-3,8-15H2,1H3. The van der Waals surface area contributed by atoms with Crippen LogP contribution in [0.5, 0.6) is 0 Å². The average Bonchev–Trinajstić information content (AvgIpc) is 3.53. The van der Waals surface area contributed by atoms with E-state index in [0.29, 0.717) is 11.8 Å². The lowest BCUT2D eigenvalue weighted by atomic mass is 9.98. The van der Waals surface area contributed by atoms with E-state index in [-0.39, 0.29) is 5.91 Å². The molecule has 26 heavy (non-hydrogen) atoms. The average molecular weight is 355 g/mol. The first-order valence-electron chi connectivity index (χ1n) is 10.0. The van der Waals surface area contributed by atoms with Crippen molar-refractivity contribution in [3.63, 3.8) is 0 Å². The second kappa shape index (κ2) is 7.29. The number of piperazine rings is 1. The lowest BCUT2D eigenvalue weighted by Crippen LogP contribution is -2.49. The first-order valence-corrected chi connectivity index (χ1v) is 10.0. The highest BCUT2D eigenvalue weighted by Crippen LogP contribution is 2.31. The zero-order valence-corrected chi connectivity index (χ0v) is 15.7. The van der Waals surface area contributed by atoms with E-state index in [1.807, 2.05) is 21.9 Å². The molecule has 5 nitrogen and oxygen atoms in total. The molecule has 2 heterocycles. The Morgan fingerprint density at radius 2 is 1.42 bits per heavy atom. The van der Waals surface area contributed by atoms with Crippen LogP contribution in [0.2, 0.25) is 0 Å². The predicted octanol–water partition coefficient (Wildman–Crippen LogP) is 2.62. The van der Waals surface area contributed by atoms with Crippen LogP contribution in [0.15, 0.2) is 24.3 Å². The molecule has 0 radical (unpaired) electrons. The molecule has 2 saturated heterocycles. The summed E-state index contributed by atoms with van der Waals surface area (Å²) < 4.78 is 0. The Hall–Kier alpha value is -2.04. The molecule has 5 heteroatoms. The Morgan fingerprint density at radius 3 is 2.00 bits per heavy atom. The lowest BCUT2D eigenvalue weighted by Gasteiger charge is -2.36. The number of nitrogens with zero attached hydrogens (tertiary/aromatic N) is 3. The zero-order valence-electron chi connectivity index (χ0n) is 15.7. The van der Waals surface area contributed by atoms with Crippen molar-refractivity contribution in [3.8, 4) is 0 Å². The number of rotatable bonds is 3. The molecule has 0 unspecified atom stereocenters. The van der Waals surface area contributed by atoms with E-state index < -0.39 is 0 Å². The maximum atomic E-state index is 12.6. The Morgan fingerprint density at radius 1 is 0.808 bits per heavy atom. The number of hydrogen-bond donors (Lipinski definition) is 0. The van der Waals surface area contributed by atoms with Crippen molar-refractivity contribution in [1.82, 2.24) is 9.80 Å². The first kappa shape index (κ1) is 17.4. The van der Waals surface area contributed by atoms with Gasteiger partial charge in [-0.25, -0.2) is 0 Å². The summed E-state index contributed by atoms with van der Waals surface area (Å²) in [6.45, 7) is 7.36. The van der Waals surface area contributed by atoms with Crippen molar-refractivity contribution in [2.24, 2.45) is 11.8 Å². The third-order valence-electron chi connectivity index (χ3n) is 6.07. The lowest BCUT2D eigenvalue weighted by molar-refractivity contribution is -0.132. The summed E-state index contributed by atoms with van der Waals surface area (Å²) in [5, 5.41) is 0. The van der Waals surface area contributed by atoms with E-state index >= 15 is 0 Å². The van der Waals surface area contributed by atoms with Gasteiger partial charge in [-0.3, -0.25) is 9.59 Å². The van der Waals surface area contributed by atoms with Gasteiger partial charge in [-0.05, 0) is 55.9 Å². The number of anilines is 1. The Balaban J connectivity index is 1.33. The highest BCUT2D eigenvalue weighted by molar-refractivity contribution is 5.94. The van der Waals surface area contributed by atoms with Gasteiger partial charge >= 0.3 is 0 Å². The monoisotopic (exact) mass is 355 g/mol. The van der Waals surface area contributed by atoms with E-state index in [2.05, 4.69) is 24.0 Å². The van der Waals surface area contributed by atoms with Gasteiger partial charge in [-0.1, -0.05) is 6.92 Å². The summed E-state index contributed by atoms with van der Waals surface area (Å²) in [4.78, 5) is 31.1. The second-order valence-corrected chi connectivity index (χ2v) is 8.11. The summed E-state index contributed by atoms with van der Waals surface area (Å²) in [5.41, 5.74) is 1.93. The highest BCUT2D eigenvalue weighted by atomic mass is 16.2. The van der Waals surface area contributed by atoms with Crippen LogP contribution in [0.25, 0.3) is 0 Å². The molecule has 3 aliphatic rings. The van der Waals surface area contributed by atoms with Crippen LogP contribution in [-0.4, -0.2) is 60.9 Å². The quantitative estimate of drug-likeness (QED) is 0.837. The van der Waals surface area contributed by atoms with Gasteiger partial charge in [0.15, 0.2) is 0 Å². The fourth-order valence-electron chi connectivity index (χ4n) is 3.98. The SMILES string of the molecule is CC1CCN(C(=O)c2ccc(N3CCN(C(=O)C4CC4)CC3)cc2)CC1. The first-order chi connectivity index (χ1) is 12.6. The molecule has 0 bridgehead atoms. The molecule has 1 saturated carbocycles. The summed E-state index contributed by atoms with van der Waals surface area (Å²) in [6, 6.07) is 8.02. The third kappa shape index (κ3) is 3.71. The van der Waals surface area contributed by atoms with Crippen molar-refractivity contribution in [3.05, 3.63) is 29.8 Å². The maximum Gasteiger partial charge on any atom is 0.253 e. The molecular formula is C21H29N3O2. The van der Waals surface area contributed by atoms with Crippen molar-refractivity contribution in [2.75, 3.05) is 44.2 Å². The van der Waals surface area contributed by atoms with Crippen LogP contribution >= 0.6 is 0 Å². The third-order valence-corrected chi connectivity index (χ3v) is 6.07. The number of carbonyl (C=O) groups excluding carboxylic acids is 2. The minimum Gasteiger partial charge on any atom is -0.368 e. The summed E-state index contributed by atoms with van der Waals surface area (Å²) in [7, 11) is 0. The summed E-state index contributed by atoms with van der Waals surface area (Å²) >= 11 is 0. The van der Waals surface area contributed by atoms with Gasteiger partial charge in [-0.15, -0.1) is 0 Å². The predicted molar refractivity (Wildman–Crippen MR) is 102 cm³/mol. The second-order valence-electron chi connectivity index (χ2n) is 8.11. The smallest absolute Gasteiger partial charge is 0.253 e. The maximum absolute atomic E-state index is 12.6. The van der Waals surface area contributed by atoms with Gasteiger partial charge in [0, 0.05) is 56.4 Å². The molecule has 1 aromatic carbocycles. The van der Waals surface area contributed by atoms with E-state index in [1.54, 1.807) is 0 Å². The van der Waals surface area contributed by atoms with Crippen molar-refractivity contribution in [2.45, 2.75) is 32.6 Å². The Kier molecular flexibility index (Phi) is 4.88. The van der Waals surface area contributed by atoms with E-state index in [9.17, 15) is 9.59 Å². The molecule has 3 fully saturated rings. The fraction of sp³-hybridized carbons (Fsp3) is 0.619. The van der Waals surface area contributed by atoms with Crippen LogP contribution < -0.4 is 4.90 Å². The number of likely N-dealkylation sites (tertiary alicyclic amines) is 1. The number of hydrogen-bond acceptors (Lipinski definition) is 3. The van der Waals surface area contributed by atoms with Gasteiger partial charge < -0.3 is 14.7 Å². The van der Waals surface area contributed by atoms with Gasteiger partial charge in [0.1, 0.15) is 0 Å². The van der Waals surface area contributed by atoms with Gasteiger partial charge in [0.2, 0.25) is 5.91 Å². The molecule has 0 atom stereocenters. The van der Waals surface area contributed by atoms with Crippen LogP contribution in [0, 0.1) is 11.8 Å². The normalized spacial score (nSPS) is 21.8. The number of amides is 2. The Labute approximate surface area is 155 Å². The van der Waals surface area contributed by atoms with E-state index in [0.717, 1.165) is 82.1 Å². The largest absolute Gasteiger partial charge is 0.368 e. The van der Waals surface area contributed by atoms with E-state index in [4.69, 9.17) is 0 Å². The van der Waals surface area contributed by atoms with Crippen LogP contribution in [0.4, 0.5) is 5.69 Å². The van der Waals surface area contributed by atoms with E-state index in [1.165, 1.54) is 0 Å². The molecule has 0 N–H and O–H groups in total. The molecule has 1 aliphatic carbocycles. The molecular weight excluding hydrogens is 326 g/mol. The number of benzene rings is 1. The van der Waals surface area contributed by atoms with Gasteiger partial charge in [0.25, 0.3) is 5.91 Å². The molecule has 2 aliphatic heterocycles. The molecule has 140 valence electrons. The number of carbonyl (C=O) groups is 2. The fourth-order valence-corrected chi connectivity index (χ4v) is 3.98. The number of piperidine rings is 1. The van der Waals surface area contributed by atoms with Crippen molar-refractivity contribution < 1.29 is 9.59 Å². The summed E-state index contributed by atoms with van der Waals surface area (Å²) in [5.74, 6) is 1.54.